The molecule has 2 amide bonds. The van der Waals surface area contributed by atoms with E-state index in [4.69, 9.17) is 5.73 Å². The van der Waals surface area contributed by atoms with Crippen LogP contribution in [0.4, 0.5) is 5.69 Å². The first-order valence-corrected chi connectivity index (χ1v) is 8.31. The summed E-state index contributed by atoms with van der Waals surface area (Å²) in [7, 11) is -3.02. The van der Waals surface area contributed by atoms with Gasteiger partial charge in [0.1, 0.15) is 0 Å². The Balaban J connectivity index is 1.84. The maximum absolute atomic E-state index is 11.9. The third-order valence-electron chi connectivity index (χ3n) is 3.27. The molecule has 0 aromatic heterocycles. The predicted molar refractivity (Wildman–Crippen MR) is 78.4 cm³/mol. The third-order valence-corrected chi connectivity index (χ3v) is 4.88. The Morgan fingerprint density at radius 2 is 1.71 bits per heavy atom. The van der Waals surface area contributed by atoms with E-state index in [1.54, 1.807) is 24.3 Å². The van der Waals surface area contributed by atoms with Crippen LogP contribution in [0.5, 0.6) is 0 Å². The summed E-state index contributed by atoms with van der Waals surface area (Å²) in [4.78, 5) is 25.2. The molecule has 0 atom stereocenters. The van der Waals surface area contributed by atoms with E-state index in [1.807, 2.05) is 0 Å². The largest absolute Gasteiger partial charge is 0.399 e. The summed E-state index contributed by atoms with van der Waals surface area (Å²) in [5.41, 5.74) is 6.49. The average Bonchev–Trinajstić information content (AvgIpc) is 2.45. The number of hydrogen-bond acceptors (Lipinski definition) is 5. The number of amides is 2. The SMILES string of the molecule is Nc1ccc(C(=O)NCC(=O)N2CCS(=O)(=O)CC2)cc1. The van der Waals surface area contributed by atoms with Gasteiger partial charge in [0.05, 0.1) is 18.1 Å². The van der Waals surface area contributed by atoms with E-state index in [9.17, 15) is 18.0 Å². The normalized spacial score (nSPS) is 17.2. The predicted octanol–water partition coefficient (Wildman–Crippen LogP) is -0.744. The Kier molecular flexibility index (Phi) is 4.46. The van der Waals surface area contributed by atoms with Crippen LogP contribution >= 0.6 is 0 Å². The zero-order chi connectivity index (χ0) is 15.5. The molecule has 1 aromatic carbocycles. The van der Waals surface area contributed by atoms with Crippen molar-refractivity contribution in [1.82, 2.24) is 10.2 Å². The van der Waals surface area contributed by atoms with E-state index in [0.29, 0.717) is 11.3 Å². The van der Waals surface area contributed by atoms with E-state index in [0.717, 1.165) is 0 Å². The fraction of sp³-hybridized carbons (Fsp3) is 0.385. The number of sulfone groups is 1. The highest BCUT2D eigenvalue weighted by atomic mass is 32.2. The van der Waals surface area contributed by atoms with Gasteiger partial charge < -0.3 is 16.0 Å². The lowest BCUT2D eigenvalue weighted by molar-refractivity contribution is -0.129. The van der Waals surface area contributed by atoms with E-state index < -0.39 is 9.84 Å². The number of nitrogens with zero attached hydrogens (tertiary/aromatic N) is 1. The number of nitrogen functional groups attached to an aromatic ring is 1. The molecule has 21 heavy (non-hydrogen) atoms. The molecule has 1 aliphatic heterocycles. The fourth-order valence-electron chi connectivity index (χ4n) is 1.97. The van der Waals surface area contributed by atoms with Crippen molar-refractivity contribution in [3.8, 4) is 0 Å². The fourth-order valence-corrected chi connectivity index (χ4v) is 3.17. The van der Waals surface area contributed by atoms with Gasteiger partial charge in [-0.25, -0.2) is 8.42 Å². The number of carbonyl (C=O) groups excluding carboxylic acids is 2. The molecule has 3 N–H and O–H groups in total. The van der Waals surface area contributed by atoms with E-state index in [1.165, 1.54) is 4.90 Å². The van der Waals surface area contributed by atoms with Crippen LogP contribution in [0.15, 0.2) is 24.3 Å². The second-order valence-corrected chi connectivity index (χ2v) is 7.14. The Morgan fingerprint density at radius 1 is 1.14 bits per heavy atom. The lowest BCUT2D eigenvalue weighted by Crippen LogP contribution is -2.47. The van der Waals surface area contributed by atoms with Crippen LogP contribution in [-0.2, 0) is 14.6 Å². The van der Waals surface area contributed by atoms with Gasteiger partial charge in [0.15, 0.2) is 9.84 Å². The average molecular weight is 311 g/mol. The molecular formula is C13H17N3O4S. The number of nitrogens with one attached hydrogen (secondary N) is 1. The first-order chi connectivity index (χ1) is 9.87. The molecule has 1 saturated heterocycles. The molecule has 1 aliphatic rings. The Morgan fingerprint density at radius 3 is 2.29 bits per heavy atom. The highest BCUT2D eigenvalue weighted by Gasteiger charge is 2.24. The van der Waals surface area contributed by atoms with Gasteiger partial charge in [-0.2, -0.15) is 0 Å². The van der Waals surface area contributed by atoms with Gasteiger partial charge in [-0.05, 0) is 24.3 Å². The molecule has 1 aromatic rings. The molecular weight excluding hydrogens is 294 g/mol. The lowest BCUT2D eigenvalue weighted by Gasteiger charge is -2.26. The van der Waals surface area contributed by atoms with Gasteiger partial charge in [0, 0.05) is 24.3 Å². The zero-order valence-electron chi connectivity index (χ0n) is 11.4. The highest BCUT2D eigenvalue weighted by Crippen LogP contribution is 2.06. The third kappa shape index (κ3) is 4.19. The van der Waals surface area contributed by atoms with Crippen molar-refractivity contribution in [3.05, 3.63) is 29.8 Å². The standard InChI is InChI=1S/C13H17N3O4S/c14-11-3-1-10(2-4-11)13(18)15-9-12(17)16-5-7-21(19,20)8-6-16/h1-4H,5-9,14H2,(H,15,18). The van der Waals surface area contributed by atoms with Crippen molar-refractivity contribution in [3.63, 3.8) is 0 Å². The number of hydrogen-bond donors (Lipinski definition) is 2. The molecule has 1 heterocycles. The first kappa shape index (κ1) is 15.3. The maximum Gasteiger partial charge on any atom is 0.251 e. The van der Waals surface area contributed by atoms with Gasteiger partial charge in [-0.3, -0.25) is 9.59 Å². The Labute approximate surface area is 123 Å². The lowest BCUT2D eigenvalue weighted by atomic mass is 10.2. The van der Waals surface area contributed by atoms with Gasteiger partial charge in [-0.1, -0.05) is 0 Å². The van der Waals surface area contributed by atoms with E-state index in [2.05, 4.69) is 5.32 Å². The van der Waals surface area contributed by atoms with Gasteiger partial charge in [-0.15, -0.1) is 0 Å². The minimum atomic E-state index is -3.02. The maximum atomic E-state index is 11.9. The Bertz CT molecular complexity index is 626. The summed E-state index contributed by atoms with van der Waals surface area (Å²) in [6, 6.07) is 6.35. The molecule has 0 unspecified atom stereocenters. The molecule has 0 bridgehead atoms. The van der Waals surface area contributed by atoms with Crippen LogP contribution in [0.1, 0.15) is 10.4 Å². The molecule has 0 saturated carbocycles. The van der Waals surface area contributed by atoms with Crippen LogP contribution in [0.2, 0.25) is 0 Å². The molecule has 0 aliphatic carbocycles. The number of rotatable bonds is 3. The van der Waals surface area contributed by atoms with Crippen LogP contribution in [-0.4, -0.2) is 56.3 Å². The van der Waals surface area contributed by atoms with Crippen molar-refractivity contribution in [1.29, 1.82) is 0 Å². The molecule has 1 fully saturated rings. The van der Waals surface area contributed by atoms with Crippen LogP contribution in [0, 0.1) is 0 Å². The van der Waals surface area contributed by atoms with Crippen LogP contribution < -0.4 is 11.1 Å². The molecule has 0 spiro atoms. The Hall–Kier alpha value is -2.09. The number of anilines is 1. The van der Waals surface area contributed by atoms with Gasteiger partial charge >= 0.3 is 0 Å². The number of nitrogens with two attached hydrogens (primary N) is 1. The molecule has 2 rings (SSSR count). The summed E-state index contributed by atoms with van der Waals surface area (Å²) in [5, 5.41) is 2.52. The summed E-state index contributed by atoms with van der Waals surface area (Å²) < 4.78 is 22.6. The van der Waals surface area contributed by atoms with E-state index in [-0.39, 0.29) is 43.0 Å². The monoisotopic (exact) mass is 311 g/mol. The topological polar surface area (TPSA) is 110 Å². The first-order valence-electron chi connectivity index (χ1n) is 6.49. The summed E-state index contributed by atoms with van der Waals surface area (Å²) in [6.07, 6.45) is 0. The highest BCUT2D eigenvalue weighted by molar-refractivity contribution is 7.91. The quantitative estimate of drug-likeness (QED) is 0.714. The molecule has 114 valence electrons. The number of carbonyl (C=O) groups is 2. The second-order valence-electron chi connectivity index (χ2n) is 4.84. The van der Waals surface area contributed by atoms with Crippen LogP contribution in [0.3, 0.4) is 0 Å². The van der Waals surface area contributed by atoms with Crippen molar-refractivity contribution in [2.45, 2.75) is 0 Å². The summed E-state index contributed by atoms with van der Waals surface area (Å²) in [5.74, 6) is -0.698. The van der Waals surface area contributed by atoms with Crippen molar-refractivity contribution >= 4 is 27.3 Å². The van der Waals surface area contributed by atoms with Crippen molar-refractivity contribution < 1.29 is 18.0 Å². The molecule has 0 radical (unpaired) electrons. The molecule has 7 nitrogen and oxygen atoms in total. The summed E-state index contributed by atoms with van der Waals surface area (Å²) >= 11 is 0. The minimum Gasteiger partial charge on any atom is -0.399 e. The zero-order valence-corrected chi connectivity index (χ0v) is 12.2. The minimum absolute atomic E-state index is 0.0232. The van der Waals surface area contributed by atoms with Crippen LogP contribution in [0.25, 0.3) is 0 Å². The van der Waals surface area contributed by atoms with Crippen molar-refractivity contribution in [2.24, 2.45) is 0 Å². The second kappa shape index (κ2) is 6.13. The smallest absolute Gasteiger partial charge is 0.251 e. The van der Waals surface area contributed by atoms with Crippen molar-refractivity contribution in [2.75, 3.05) is 36.9 Å². The van der Waals surface area contributed by atoms with Gasteiger partial charge in [0.2, 0.25) is 5.91 Å². The van der Waals surface area contributed by atoms with E-state index >= 15 is 0 Å². The number of benzene rings is 1. The molecule has 8 heteroatoms. The van der Waals surface area contributed by atoms with Gasteiger partial charge in [0.25, 0.3) is 5.91 Å². The summed E-state index contributed by atoms with van der Waals surface area (Å²) in [6.45, 7) is 0.209.